The van der Waals surface area contributed by atoms with E-state index >= 15 is 0 Å². The van der Waals surface area contributed by atoms with Gasteiger partial charge in [-0.3, -0.25) is 0 Å². The zero-order chi connectivity index (χ0) is 16.8. The van der Waals surface area contributed by atoms with E-state index in [0.29, 0.717) is 13.1 Å². The van der Waals surface area contributed by atoms with Crippen molar-refractivity contribution in [3.05, 3.63) is 41.5 Å². The molecular weight excluding hydrogens is 431 g/mol. The Balaban J connectivity index is 0.00000225. The van der Waals surface area contributed by atoms with Crippen LogP contribution in [0.15, 0.2) is 29.3 Å². The molecule has 1 aliphatic rings. The molecule has 25 heavy (non-hydrogen) atoms. The molecule has 2 N–H and O–H groups in total. The summed E-state index contributed by atoms with van der Waals surface area (Å²) in [5.41, 5.74) is 1.11. The van der Waals surface area contributed by atoms with Crippen LogP contribution < -0.4 is 15.4 Å². The normalized spacial score (nSPS) is 13.1. The molecule has 0 spiro atoms. The van der Waals surface area contributed by atoms with Crippen molar-refractivity contribution >= 4 is 29.9 Å². The van der Waals surface area contributed by atoms with Crippen LogP contribution in [0.5, 0.6) is 5.75 Å². The highest BCUT2D eigenvalue weighted by atomic mass is 127. The Kier molecular flexibility index (Phi) is 7.48. The molecule has 1 aromatic carbocycles. The van der Waals surface area contributed by atoms with Gasteiger partial charge in [0.25, 0.3) is 0 Å². The fourth-order valence-corrected chi connectivity index (χ4v) is 2.79. The largest absolute Gasteiger partial charge is 0.497 e. The number of benzene rings is 1. The third kappa shape index (κ3) is 5.07. The van der Waals surface area contributed by atoms with E-state index in [1.54, 1.807) is 7.11 Å². The number of hydrogen-bond donors (Lipinski definition) is 2. The first kappa shape index (κ1) is 19.5. The lowest BCUT2D eigenvalue weighted by Gasteiger charge is -2.11. The predicted octanol–water partition coefficient (Wildman–Crippen LogP) is 2.11. The van der Waals surface area contributed by atoms with E-state index in [1.165, 1.54) is 0 Å². The maximum Gasteiger partial charge on any atom is 0.191 e. The molecule has 2 aromatic rings. The minimum atomic E-state index is 0. The number of ether oxygens (including phenoxy) is 1. The van der Waals surface area contributed by atoms with Gasteiger partial charge in [-0.2, -0.15) is 0 Å². The predicted molar refractivity (Wildman–Crippen MR) is 108 cm³/mol. The number of fused-ring (bicyclic) bond motifs is 1. The minimum Gasteiger partial charge on any atom is -0.497 e. The van der Waals surface area contributed by atoms with Gasteiger partial charge in [0.05, 0.1) is 20.2 Å². The molecule has 136 valence electrons. The smallest absolute Gasteiger partial charge is 0.191 e. The molecule has 0 bridgehead atoms. The number of hydrogen-bond acceptors (Lipinski definition) is 4. The van der Waals surface area contributed by atoms with Gasteiger partial charge < -0.3 is 19.9 Å². The molecule has 3 rings (SSSR count). The van der Waals surface area contributed by atoms with E-state index < -0.39 is 0 Å². The fraction of sp³-hybridized carbons (Fsp3) is 0.471. The van der Waals surface area contributed by atoms with Gasteiger partial charge in [-0.25, -0.2) is 4.99 Å². The lowest BCUT2D eigenvalue weighted by molar-refractivity contribution is 0.414. The van der Waals surface area contributed by atoms with Crippen molar-refractivity contribution < 1.29 is 4.74 Å². The highest BCUT2D eigenvalue weighted by molar-refractivity contribution is 14.0. The first-order chi connectivity index (χ1) is 11.8. The standard InChI is InChI=1S/C17H24N6O.HI/c1-3-18-17(19-11-13-6-4-7-14(10-13)24-2)20-12-16-22-21-15-8-5-9-23(15)16;/h4,6-7,10H,3,5,8-9,11-12H2,1-2H3,(H2,18,19,20);1H. The van der Waals surface area contributed by atoms with Gasteiger partial charge in [-0.1, -0.05) is 12.1 Å². The molecule has 0 unspecified atom stereocenters. The Bertz CT molecular complexity index is 715. The van der Waals surface area contributed by atoms with Crippen molar-refractivity contribution in [2.75, 3.05) is 13.7 Å². The van der Waals surface area contributed by atoms with E-state index in [9.17, 15) is 0 Å². The van der Waals surface area contributed by atoms with Gasteiger partial charge in [-0.15, -0.1) is 34.2 Å². The van der Waals surface area contributed by atoms with Crippen LogP contribution in [0, 0.1) is 0 Å². The summed E-state index contributed by atoms with van der Waals surface area (Å²) in [4.78, 5) is 4.63. The van der Waals surface area contributed by atoms with Crippen molar-refractivity contribution in [3.8, 4) is 5.75 Å². The van der Waals surface area contributed by atoms with E-state index in [-0.39, 0.29) is 24.0 Å². The van der Waals surface area contributed by atoms with Gasteiger partial charge in [0.15, 0.2) is 11.8 Å². The Hall–Kier alpha value is -1.84. The van der Waals surface area contributed by atoms with Crippen LogP contribution in [-0.2, 0) is 26.1 Å². The summed E-state index contributed by atoms with van der Waals surface area (Å²) >= 11 is 0. The number of methoxy groups -OCH3 is 1. The first-order valence-electron chi connectivity index (χ1n) is 8.36. The van der Waals surface area contributed by atoms with Crippen LogP contribution in [0.2, 0.25) is 0 Å². The zero-order valence-corrected chi connectivity index (χ0v) is 17.0. The number of guanidine groups is 1. The van der Waals surface area contributed by atoms with Crippen LogP contribution in [0.25, 0.3) is 0 Å². The van der Waals surface area contributed by atoms with Gasteiger partial charge in [0.2, 0.25) is 0 Å². The van der Waals surface area contributed by atoms with E-state index in [4.69, 9.17) is 4.74 Å². The van der Waals surface area contributed by atoms with E-state index in [0.717, 1.165) is 54.9 Å². The van der Waals surface area contributed by atoms with Crippen molar-refractivity contribution in [3.63, 3.8) is 0 Å². The molecule has 2 heterocycles. The number of rotatable bonds is 6. The van der Waals surface area contributed by atoms with Crippen LogP contribution >= 0.6 is 24.0 Å². The van der Waals surface area contributed by atoms with Gasteiger partial charge in [0, 0.05) is 19.5 Å². The fourth-order valence-electron chi connectivity index (χ4n) is 2.79. The van der Waals surface area contributed by atoms with Crippen LogP contribution in [0.4, 0.5) is 0 Å². The maximum atomic E-state index is 5.25. The van der Waals surface area contributed by atoms with Crippen molar-refractivity contribution in [2.24, 2.45) is 4.99 Å². The quantitative estimate of drug-likeness (QED) is 0.396. The van der Waals surface area contributed by atoms with Crippen molar-refractivity contribution in [1.29, 1.82) is 0 Å². The Morgan fingerprint density at radius 2 is 2.20 bits per heavy atom. The second-order valence-electron chi connectivity index (χ2n) is 5.69. The van der Waals surface area contributed by atoms with Gasteiger partial charge in [-0.05, 0) is 31.0 Å². The second kappa shape index (κ2) is 9.59. The number of aromatic nitrogens is 3. The molecule has 1 aliphatic heterocycles. The topological polar surface area (TPSA) is 76.4 Å². The molecule has 0 aliphatic carbocycles. The number of nitrogens with zero attached hydrogens (tertiary/aromatic N) is 4. The monoisotopic (exact) mass is 456 g/mol. The average Bonchev–Trinajstić information content (AvgIpc) is 3.21. The van der Waals surface area contributed by atoms with Crippen molar-refractivity contribution in [2.45, 2.75) is 39.4 Å². The Labute approximate surface area is 165 Å². The summed E-state index contributed by atoms with van der Waals surface area (Å²) in [6.07, 6.45) is 2.18. The average molecular weight is 456 g/mol. The van der Waals surface area contributed by atoms with Crippen LogP contribution in [0.3, 0.4) is 0 Å². The Morgan fingerprint density at radius 3 is 3.00 bits per heavy atom. The number of aryl methyl sites for hydroxylation is 1. The third-order valence-corrected chi connectivity index (χ3v) is 4.00. The molecule has 8 heteroatoms. The molecule has 0 fully saturated rings. The van der Waals surface area contributed by atoms with Crippen LogP contribution in [-0.4, -0.2) is 34.4 Å². The summed E-state index contributed by atoms with van der Waals surface area (Å²) in [6, 6.07) is 7.95. The molecule has 7 nitrogen and oxygen atoms in total. The molecule has 1 aromatic heterocycles. The maximum absolute atomic E-state index is 5.25. The van der Waals surface area contributed by atoms with E-state index in [2.05, 4.69) is 37.3 Å². The molecule has 0 amide bonds. The lowest BCUT2D eigenvalue weighted by Crippen LogP contribution is -2.37. The SMILES string of the molecule is CCNC(=NCc1cccc(OC)c1)NCc1nnc2n1CCC2.I. The highest BCUT2D eigenvalue weighted by Gasteiger charge is 2.16. The number of nitrogens with one attached hydrogen (secondary N) is 2. The summed E-state index contributed by atoms with van der Waals surface area (Å²) in [5, 5.41) is 15.1. The minimum absolute atomic E-state index is 0. The molecule has 0 saturated carbocycles. The lowest BCUT2D eigenvalue weighted by atomic mass is 10.2. The summed E-state index contributed by atoms with van der Waals surface area (Å²) in [7, 11) is 1.67. The highest BCUT2D eigenvalue weighted by Crippen LogP contribution is 2.14. The number of aliphatic imine (C=N–C) groups is 1. The summed E-state index contributed by atoms with van der Waals surface area (Å²) < 4.78 is 7.44. The van der Waals surface area contributed by atoms with Crippen molar-refractivity contribution in [1.82, 2.24) is 25.4 Å². The zero-order valence-electron chi connectivity index (χ0n) is 14.7. The second-order valence-corrected chi connectivity index (χ2v) is 5.69. The van der Waals surface area contributed by atoms with Gasteiger partial charge >= 0.3 is 0 Å². The molecule has 0 radical (unpaired) electrons. The third-order valence-electron chi connectivity index (χ3n) is 4.00. The summed E-state index contributed by atoms with van der Waals surface area (Å²) in [5.74, 6) is 3.68. The number of halogens is 1. The molecule has 0 saturated heterocycles. The van der Waals surface area contributed by atoms with E-state index in [1.807, 2.05) is 24.3 Å². The summed E-state index contributed by atoms with van der Waals surface area (Å²) in [6.45, 7) is 5.08. The molecular formula is C17H25IN6O. The molecule has 0 atom stereocenters. The van der Waals surface area contributed by atoms with Gasteiger partial charge in [0.1, 0.15) is 11.6 Å². The van der Waals surface area contributed by atoms with Crippen LogP contribution in [0.1, 0.15) is 30.6 Å². The first-order valence-corrected chi connectivity index (χ1v) is 8.36. The Morgan fingerprint density at radius 1 is 1.32 bits per heavy atom.